The van der Waals surface area contributed by atoms with Crippen LogP contribution in [0.2, 0.25) is 5.02 Å². The van der Waals surface area contributed by atoms with Crippen molar-refractivity contribution in [2.45, 2.75) is 44.4 Å². The number of hydrogen-bond donors (Lipinski definition) is 1. The number of halogens is 4. The molecule has 1 atom stereocenters. The van der Waals surface area contributed by atoms with Crippen molar-refractivity contribution < 1.29 is 35.9 Å². The molecule has 0 saturated carbocycles. The summed E-state index contributed by atoms with van der Waals surface area (Å²) in [5, 5.41) is 2.45. The molecule has 232 valence electrons. The van der Waals surface area contributed by atoms with Crippen LogP contribution in [-0.4, -0.2) is 51.4 Å². The molecule has 0 heterocycles. The predicted molar refractivity (Wildman–Crippen MR) is 158 cm³/mol. The largest absolute Gasteiger partial charge is 0.497 e. The molecule has 2 amide bonds. The van der Waals surface area contributed by atoms with Gasteiger partial charge in [-0.2, -0.15) is 13.2 Å². The van der Waals surface area contributed by atoms with Crippen LogP contribution in [0.25, 0.3) is 0 Å². The Labute approximate surface area is 254 Å². The van der Waals surface area contributed by atoms with Crippen molar-refractivity contribution in [3.05, 3.63) is 88.9 Å². The molecule has 0 spiro atoms. The minimum Gasteiger partial charge on any atom is -0.497 e. The molecule has 0 saturated heterocycles. The fourth-order valence-electron chi connectivity index (χ4n) is 4.12. The number of benzene rings is 3. The molecule has 0 aliphatic carbocycles. The van der Waals surface area contributed by atoms with E-state index in [0.29, 0.717) is 28.2 Å². The van der Waals surface area contributed by atoms with E-state index in [4.69, 9.17) is 16.3 Å². The topological polar surface area (TPSA) is 96.0 Å². The summed E-state index contributed by atoms with van der Waals surface area (Å²) in [4.78, 5) is 28.0. The van der Waals surface area contributed by atoms with E-state index >= 15 is 0 Å². The number of sulfonamides is 1. The van der Waals surface area contributed by atoms with E-state index in [9.17, 15) is 31.2 Å². The highest BCUT2D eigenvalue weighted by Gasteiger charge is 2.36. The second-order valence-electron chi connectivity index (χ2n) is 10.2. The number of rotatable bonds is 12. The van der Waals surface area contributed by atoms with Crippen molar-refractivity contribution in [3.8, 4) is 5.75 Å². The fourth-order valence-corrected chi connectivity index (χ4v) is 5.83. The number of alkyl halides is 3. The zero-order valence-corrected chi connectivity index (χ0v) is 25.6. The number of hydrogen-bond acceptors (Lipinski definition) is 5. The van der Waals surface area contributed by atoms with Crippen molar-refractivity contribution in [2.75, 3.05) is 24.5 Å². The highest BCUT2D eigenvalue weighted by atomic mass is 35.5. The molecule has 13 heteroatoms. The third-order valence-electron chi connectivity index (χ3n) is 6.49. The van der Waals surface area contributed by atoms with E-state index in [-0.39, 0.29) is 22.4 Å². The quantitative estimate of drug-likeness (QED) is 0.272. The molecule has 1 N–H and O–H groups in total. The Bertz CT molecular complexity index is 1540. The lowest BCUT2D eigenvalue weighted by molar-refractivity contribution is -0.139. The zero-order valence-electron chi connectivity index (χ0n) is 24.1. The molecule has 43 heavy (non-hydrogen) atoms. The summed E-state index contributed by atoms with van der Waals surface area (Å²) in [5.41, 5.74) is -1.11. The predicted octanol–water partition coefficient (Wildman–Crippen LogP) is 5.75. The van der Waals surface area contributed by atoms with E-state index in [0.717, 1.165) is 12.1 Å². The third-order valence-corrected chi connectivity index (χ3v) is 8.58. The van der Waals surface area contributed by atoms with Gasteiger partial charge in [0.15, 0.2) is 0 Å². The average molecular weight is 640 g/mol. The smallest absolute Gasteiger partial charge is 0.416 e. The van der Waals surface area contributed by atoms with Gasteiger partial charge in [-0.25, -0.2) is 8.42 Å². The maximum atomic E-state index is 14.0. The van der Waals surface area contributed by atoms with Gasteiger partial charge in [0.25, 0.3) is 10.0 Å². The molecule has 8 nitrogen and oxygen atoms in total. The lowest BCUT2D eigenvalue weighted by Gasteiger charge is -2.32. The van der Waals surface area contributed by atoms with Crippen LogP contribution in [0.5, 0.6) is 5.75 Å². The van der Waals surface area contributed by atoms with Crippen LogP contribution in [0.4, 0.5) is 18.9 Å². The zero-order chi connectivity index (χ0) is 31.9. The normalized spacial score (nSPS) is 12.5. The van der Waals surface area contributed by atoms with Gasteiger partial charge in [-0.1, -0.05) is 55.8 Å². The van der Waals surface area contributed by atoms with Gasteiger partial charge < -0.3 is 15.0 Å². The summed E-state index contributed by atoms with van der Waals surface area (Å²) in [6.45, 7) is 4.55. The van der Waals surface area contributed by atoms with E-state index in [1.165, 1.54) is 43.2 Å². The van der Waals surface area contributed by atoms with Gasteiger partial charge in [-0.3, -0.25) is 13.9 Å². The first kappa shape index (κ1) is 33.7. The number of amides is 2. The molecule has 0 aliphatic rings. The van der Waals surface area contributed by atoms with Crippen LogP contribution in [0, 0.1) is 5.92 Å². The van der Waals surface area contributed by atoms with Crippen molar-refractivity contribution in [1.29, 1.82) is 0 Å². The number of nitrogens with zero attached hydrogens (tertiary/aromatic N) is 2. The van der Waals surface area contributed by atoms with Gasteiger partial charge in [0.05, 0.1) is 28.3 Å². The first-order valence-electron chi connectivity index (χ1n) is 13.3. The molecule has 0 aromatic heterocycles. The van der Waals surface area contributed by atoms with Gasteiger partial charge in [0, 0.05) is 13.1 Å². The molecular formula is C30H33ClF3N3O5S. The highest BCUT2D eigenvalue weighted by molar-refractivity contribution is 7.92. The lowest BCUT2D eigenvalue weighted by atomic mass is 10.1. The van der Waals surface area contributed by atoms with E-state index in [1.54, 1.807) is 30.3 Å². The monoisotopic (exact) mass is 639 g/mol. The molecule has 3 aromatic carbocycles. The summed E-state index contributed by atoms with van der Waals surface area (Å²) < 4.78 is 74.5. The van der Waals surface area contributed by atoms with Crippen LogP contribution in [0.1, 0.15) is 31.9 Å². The second-order valence-corrected chi connectivity index (χ2v) is 12.4. The SMILES string of the molecule is COc1cccc(CN(C(=O)CN(c2cc(C(F)(F)F)ccc2Cl)S(=O)(=O)c2ccccc2)[C@@H](C)C(=O)NCC(C)C)c1. The fraction of sp³-hybridized carbons (Fsp3) is 0.333. The maximum absolute atomic E-state index is 14.0. The first-order valence-corrected chi connectivity index (χ1v) is 15.1. The standard InChI is InChI=1S/C30H33ClF3N3O5S/c1-20(2)17-35-29(39)21(3)36(18-22-9-8-10-24(15-22)42-4)28(38)19-37(43(40,41)25-11-6-5-7-12-25)27-16-23(30(32,33)34)13-14-26(27)31/h5-16,20-21H,17-19H2,1-4H3,(H,35,39)/t21-/m0/s1. The van der Waals surface area contributed by atoms with E-state index < -0.39 is 51.9 Å². The van der Waals surface area contributed by atoms with Crippen LogP contribution in [0.3, 0.4) is 0 Å². The summed E-state index contributed by atoms with van der Waals surface area (Å²) >= 11 is 6.27. The van der Waals surface area contributed by atoms with Crippen LogP contribution in [-0.2, 0) is 32.3 Å². The second kappa shape index (κ2) is 14.1. The maximum Gasteiger partial charge on any atom is 0.416 e. The third kappa shape index (κ3) is 8.64. The number of ether oxygens (including phenoxy) is 1. The summed E-state index contributed by atoms with van der Waals surface area (Å²) in [6, 6.07) is 14.8. The molecule has 0 aliphatic heterocycles. The van der Waals surface area contributed by atoms with Crippen molar-refractivity contribution >= 4 is 39.1 Å². The number of carbonyl (C=O) groups excluding carboxylic acids is 2. The Morgan fingerprint density at radius 3 is 2.26 bits per heavy atom. The summed E-state index contributed by atoms with van der Waals surface area (Å²) in [5.74, 6) is -0.721. The van der Waals surface area contributed by atoms with Gasteiger partial charge in [-0.15, -0.1) is 0 Å². The van der Waals surface area contributed by atoms with Crippen molar-refractivity contribution in [1.82, 2.24) is 10.2 Å². The average Bonchev–Trinajstić information content (AvgIpc) is 2.97. The Morgan fingerprint density at radius 2 is 1.65 bits per heavy atom. The number of anilines is 1. The Morgan fingerprint density at radius 1 is 0.977 bits per heavy atom. The Balaban J connectivity index is 2.11. The Kier molecular flexibility index (Phi) is 11.1. The molecule has 0 fully saturated rings. The van der Waals surface area contributed by atoms with Crippen molar-refractivity contribution in [3.63, 3.8) is 0 Å². The number of nitrogens with one attached hydrogen (secondary N) is 1. The van der Waals surface area contributed by atoms with Gasteiger partial charge >= 0.3 is 6.18 Å². The Hall–Kier alpha value is -3.77. The number of methoxy groups -OCH3 is 1. The van der Waals surface area contributed by atoms with Crippen LogP contribution < -0.4 is 14.4 Å². The van der Waals surface area contributed by atoms with Crippen LogP contribution in [0.15, 0.2) is 77.7 Å². The van der Waals surface area contributed by atoms with Gasteiger partial charge in [-0.05, 0) is 60.9 Å². The molecular weight excluding hydrogens is 607 g/mol. The van der Waals surface area contributed by atoms with Gasteiger partial charge in [0.2, 0.25) is 11.8 Å². The molecule has 0 bridgehead atoms. The van der Waals surface area contributed by atoms with Crippen LogP contribution >= 0.6 is 11.6 Å². The minimum atomic E-state index is -4.81. The van der Waals surface area contributed by atoms with E-state index in [2.05, 4.69) is 5.32 Å². The minimum absolute atomic E-state index is 0.119. The highest BCUT2D eigenvalue weighted by Crippen LogP contribution is 2.37. The number of carbonyl (C=O) groups is 2. The van der Waals surface area contributed by atoms with Gasteiger partial charge in [0.1, 0.15) is 18.3 Å². The molecule has 3 aromatic rings. The molecule has 0 radical (unpaired) electrons. The molecule has 0 unspecified atom stereocenters. The lowest BCUT2D eigenvalue weighted by Crippen LogP contribution is -2.51. The molecule has 3 rings (SSSR count). The summed E-state index contributed by atoms with van der Waals surface area (Å²) in [7, 11) is -3.14. The summed E-state index contributed by atoms with van der Waals surface area (Å²) in [6.07, 6.45) is -4.81. The van der Waals surface area contributed by atoms with E-state index in [1.807, 2.05) is 13.8 Å². The first-order chi connectivity index (χ1) is 20.1. The van der Waals surface area contributed by atoms with Crippen molar-refractivity contribution in [2.24, 2.45) is 5.92 Å².